The molecule has 0 amide bonds. The van der Waals surface area contributed by atoms with Crippen LogP contribution in [0.25, 0.3) is 49.9 Å². The van der Waals surface area contributed by atoms with Crippen LogP contribution in [-0.2, 0) is 52.5 Å². The maximum Gasteiger partial charge on any atom is 0.178 e. The zero-order valence-corrected chi connectivity index (χ0v) is 88.2. The molecule has 2 aliphatic carbocycles. The van der Waals surface area contributed by atoms with E-state index in [9.17, 15) is 10.2 Å². The number of fused-ring (bicyclic) bond motifs is 13. The van der Waals surface area contributed by atoms with Gasteiger partial charge in [0.1, 0.15) is 11.5 Å². The number of aromatic hydroxyl groups is 1. The van der Waals surface area contributed by atoms with Crippen LogP contribution in [0.1, 0.15) is 225 Å². The number of terminal acetylenes is 1. The molecule has 0 aromatic heterocycles. The number of rotatable bonds is 34. The van der Waals surface area contributed by atoms with E-state index < -0.39 is 22.0 Å². The molecule has 1 aliphatic heterocycles. The fourth-order valence-corrected chi connectivity index (χ4v) is 22.9. The van der Waals surface area contributed by atoms with Gasteiger partial charge in [-0.3, -0.25) is 0 Å². The molecule has 6 nitrogen and oxygen atoms in total. The second-order valence-electron chi connectivity index (χ2n) is 39.1. The third-order valence-corrected chi connectivity index (χ3v) is 30.7. The van der Waals surface area contributed by atoms with Crippen LogP contribution < -0.4 is 14.5 Å². The number of anilines is 6. The number of aliphatic hydroxyl groups is 1. The number of hydrogen-bond donors (Lipinski definition) is 2. The lowest BCUT2D eigenvalue weighted by Crippen LogP contribution is -2.36. The molecule has 2 N–H and O–H groups in total. The third-order valence-electron chi connectivity index (χ3n) is 29.6. The first-order valence-corrected chi connectivity index (χ1v) is 54.3. The van der Waals surface area contributed by atoms with Gasteiger partial charge >= 0.3 is 0 Å². The predicted molar refractivity (Wildman–Crippen MR) is 621 cm³/mol. The van der Waals surface area contributed by atoms with Crippen LogP contribution in [0.15, 0.2) is 434 Å². The van der Waals surface area contributed by atoms with Crippen molar-refractivity contribution in [2.75, 3.05) is 24.0 Å². The van der Waals surface area contributed by atoms with E-state index >= 15 is 0 Å². The molecule has 2 atom stereocenters. The highest BCUT2D eigenvalue weighted by atomic mass is 79.9. The molecule has 2 unspecified atom stereocenters. The molecule has 0 spiro atoms. The van der Waals surface area contributed by atoms with Gasteiger partial charge in [-0.15, -0.1) is 6.42 Å². The van der Waals surface area contributed by atoms with Gasteiger partial charge in [-0.05, 0) is 260 Å². The normalized spacial score (nSPS) is 13.9. The minimum absolute atomic E-state index is 0.321. The first-order chi connectivity index (χ1) is 71.7. The SMILES string of the molecule is C#CC(O)(c1ccccc1)c1ccc(Br)cc1.CCCCCCc1ccc(C2(c3ccc(CCCCCC)cc3)c3cc(N(c4ccccc4)c4ccccc4)ccc3-c3c2c2c(c4ccccc34)OC(c3ccccc3)(c3ccc(Br)cc3)C=C2)cc1.CCCCCCc1ccc(C2(c3ccc(CCCCCC)cc3)c3cc(N(c4ccccc4)c4ccccc4)ccc3-c3c2cc(O)c2ccccc32)cc1.COC. The van der Waals surface area contributed by atoms with E-state index in [1.807, 2.05) is 66.7 Å². The molecule has 18 aromatic rings. The predicted octanol–water partition coefficient (Wildman–Crippen LogP) is 37.2. The Morgan fingerprint density at radius 3 is 1.04 bits per heavy atom. The van der Waals surface area contributed by atoms with Crippen LogP contribution in [0.3, 0.4) is 0 Å². The molecule has 3 aliphatic rings. The van der Waals surface area contributed by atoms with Gasteiger partial charge in [0.15, 0.2) is 11.2 Å². The smallest absolute Gasteiger partial charge is 0.178 e. The molecule has 0 fully saturated rings. The maximum absolute atomic E-state index is 11.8. The van der Waals surface area contributed by atoms with E-state index in [0.717, 1.165) is 113 Å². The highest BCUT2D eigenvalue weighted by Gasteiger charge is 2.53. The summed E-state index contributed by atoms with van der Waals surface area (Å²) in [7, 11) is 3.25. The van der Waals surface area contributed by atoms with Crippen molar-refractivity contribution in [3.8, 4) is 46.1 Å². The number of aryl methyl sites for hydroxylation is 4. The summed E-state index contributed by atoms with van der Waals surface area (Å²) < 4.78 is 14.1. The molecule has 8 heteroatoms. The molecule has 21 rings (SSSR count). The van der Waals surface area contributed by atoms with Gasteiger partial charge in [-0.1, -0.05) is 464 Å². The summed E-state index contributed by atoms with van der Waals surface area (Å²) in [6.07, 6.45) is 34.5. The molecule has 0 bridgehead atoms. The van der Waals surface area contributed by atoms with E-state index in [0.29, 0.717) is 16.9 Å². The summed E-state index contributed by atoms with van der Waals surface area (Å²) in [4.78, 5) is 4.78. The number of nitrogens with zero attached hydrogens (tertiary/aromatic N) is 2. The van der Waals surface area contributed by atoms with Crippen molar-refractivity contribution in [1.29, 1.82) is 0 Å². The minimum Gasteiger partial charge on any atom is -0.507 e. The van der Waals surface area contributed by atoms with Crippen molar-refractivity contribution >= 4 is 93.6 Å². The van der Waals surface area contributed by atoms with Gasteiger partial charge in [0.25, 0.3) is 0 Å². The molecular weight excluding hydrogens is 1910 g/mol. The number of phenols is 1. The van der Waals surface area contributed by atoms with Crippen LogP contribution in [-0.4, -0.2) is 24.4 Å². The summed E-state index contributed by atoms with van der Waals surface area (Å²) in [6.45, 7) is 9.13. The average molecular weight is 2040 g/mol. The van der Waals surface area contributed by atoms with E-state index in [2.05, 4.69) is 444 Å². The average Bonchev–Trinajstić information content (AvgIpc) is 1.50. The van der Waals surface area contributed by atoms with Gasteiger partial charge in [0, 0.05) is 95.9 Å². The number of para-hydroxylation sites is 4. The van der Waals surface area contributed by atoms with Crippen molar-refractivity contribution in [2.45, 2.75) is 178 Å². The van der Waals surface area contributed by atoms with Crippen LogP contribution in [0.2, 0.25) is 0 Å². The number of benzene rings is 18. The lowest BCUT2D eigenvalue weighted by atomic mass is 9.65. The standard InChI is InChI=1S/C68H62BrNO.C53H53NO.C15H11BrO.C2H6O/c1-3-5-7-12-22-49-32-36-53(37-33-49)68(54-38-34-50(35-39-54)23-13-8-6-4-2)63-48-58(70(56-26-16-10-17-27-56)57-28-18-11-19-29-57)44-45-61(63)64-59-30-20-21-31-60(59)66-62(65(64)68)46-47-67(71-66,51-24-14-9-15-25-51)52-40-42-55(69)43-41-52;1-3-5-7-11-19-39-27-31-41(32-28-39)53(42-33-29-40(30-34-42)20-12-8-6-4-2)49-37-45(54(43-21-13-9-14-22-43)44-23-15-10-16-24-44)35-36-48(49)52-47-26-18-17-25-46(47)51(55)38-50(52)53;1-2-15(17,12-6-4-3-5-7-12)13-8-10-14(16)11-9-13;1-3-2/h9-11,14-21,24-48H,3-8,12-13,22-23H2,1-2H3;9-10,13-18,21-38,55H,3-8,11-12,19-20H2,1-2H3;1,3-11,17H;1-2H3. The van der Waals surface area contributed by atoms with E-state index in [1.54, 1.807) is 14.2 Å². The lowest BCUT2D eigenvalue weighted by molar-refractivity contribution is 0.145. The number of ether oxygens (including phenoxy) is 2. The van der Waals surface area contributed by atoms with Crippen LogP contribution in [0.4, 0.5) is 34.1 Å². The Hall–Kier alpha value is -14.1. The van der Waals surface area contributed by atoms with Crippen molar-refractivity contribution in [3.63, 3.8) is 0 Å². The molecule has 146 heavy (non-hydrogen) atoms. The Morgan fingerprint density at radius 2 is 0.644 bits per heavy atom. The number of phenolic OH excluding ortho intramolecular Hbond substituents is 1. The molecular formula is C138H132Br2N2O4. The highest BCUT2D eigenvalue weighted by molar-refractivity contribution is 9.10. The van der Waals surface area contributed by atoms with Crippen molar-refractivity contribution in [1.82, 2.24) is 0 Å². The van der Waals surface area contributed by atoms with Crippen molar-refractivity contribution in [2.24, 2.45) is 0 Å². The summed E-state index contributed by atoms with van der Waals surface area (Å²) in [5, 5.41) is 26.7. The third kappa shape index (κ3) is 21.1. The van der Waals surface area contributed by atoms with Gasteiger partial charge in [-0.2, -0.15) is 0 Å². The van der Waals surface area contributed by atoms with Crippen molar-refractivity contribution < 1.29 is 19.7 Å². The summed E-state index contributed by atoms with van der Waals surface area (Å²) >= 11 is 7.09. The van der Waals surface area contributed by atoms with E-state index in [4.69, 9.17) is 11.2 Å². The van der Waals surface area contributed by atoms with Gasteiger partial charge in [0.2, 0.25) is 0 Å². The zero-order valence-electron chi connectivity index (χ0n) is 85.1. The summed E-state index contributed by atoms with van der Waals surface area (Å²) in [6, 6.07) is 151. The Morgan fingerprint density at radius 1 is 0.322 bits per heavy atom. The maximum atomic E-state index is 11.8. The van der Waals surface area contributed by atoms with Crippen molar-refractivity contribution in [3.05, 3.63) is 528 Å². The van der Waals surface area contributed by atoms with E-state index in [-0.39, 0.29) is 0 Å². The number of methoxy groups -OCH3 is 1. The monoisotopic (exact) mass is 2040 g/mol. The molecule has 18 aromatic carbocycles. The van der Waals surface area contributed by atoms with Gasteiger partial charge in [-0.25, -0.2) is 0 Å². The Labute approximate surface area is 882 Å². The molecule has 1 heterocycles. The van der Waals surface area contributed by atoms with Crippen LogP contribution in [0, 0.1) is 12.3 Å². The Bertz CT molecular complexity index is 7250. The molecule has 0 saturated heterocycles. The highest BCUT2D eigenvalue weighted by Crippen LogP contribution is 2.65. The Balaban J connectivity index is 0.000000164. The summed E-state index contributed by atoms with van der Waals surface area (Å²) in [5.74, 6) is 3.70. The second kappa shape index (κ2) is 47.8. The molecule has 0 radical (unpaired) electrons. The molecule has 0 saturated carbocycles. The largest absolute Gasteiger partial charge is 0.507 e. The fourth-order valence-electron chi connectivity index (χ4n) is 22.4. The van der Waals surface area contributed by atoms with Crippen LogP contribution in [0.5, 0.6) is 11.5 Å². The summed E-state index contributed by atoms with van der Waals surface area (Å²) in [5.41, 5.74) is 28.0. The quantitative estimate of drug-likeness (QED) is 0.0310. The topological polar surface area (TPSA) is 65.4 Å². The lowest BCUT2D eigenvalue weighted by Gasteiger charge is -2.40. The minimum atomic E-state index is -1.37. The Kier molecular flexibility index (Phi) is 33.4. The zero-order chi connectivity index (χ0) is 101. The number of unbranched alkanes of at least 4 members (excludes halogenated alkanes) is 12. The molecule has 732 valence electrons. The van der Waals surface area contributed by atoms with Gasteiger partial charge < -0.3 is 29.5 Å². The fraction of sp³-hybridized carbons (Fsp3) is 0.217. The second-order valence-corrected chi connectivity index (χ2v) is 40.9. The number of hydrogen-bond acceptors (Lipinski definition) is 6. The van der Waals surface area contributed by atoms with Crippen LogP contribution >= 0.6 is 31.9 Å². The van der Waals surface area contributed by atoms with Gasteiger partial charge in [0.05, 0.1) is 10.8 Å². The number of halogens is 2. The first-order valence-electron chi connectivity index (χ1n) is 52.7. The van der Waals surface area contributed by atoms with E-state index in [1.165, 1.54) is 192 Å². The first kappa shape index (κ1) is 102.